The summed E-state index contributed by atoms with van der Waals surface area (Å²) in [4.78, 5) is 18.6. The van der Waals surface area contributed by atoms with Crippen LogP contribution >= 0.6 is 11.8 Å². The molecule has 1 aliphatic heterocycles. The number of fused-ring (bicyclic) bond motifs is 1. The van der Waals surface area contributed by atoms with Gasteiger partial charge < -0.3 is 19.3 Å². The summed E-state index contributed by atoms with van der Waals surface area (Å²) in [6, 6.07) is 11.3. The maximum Gasteiger partial charge on any atom is 0.308 e. The molecule has 3 heterocycles. The van der Waals surface area contributed by atoms with Gasteiger partial charge in [-0.2, -0.15) is 0 Å². The molecule has 1 aliphatic rings. The van der Waals surface area contributed by atoms with Gasteiger partial charge in [0.15, 0.2) is 0 Å². The molecular formula is C27H34FN3O3S. The van der Waals surface area contributed by atoms with Crippen molar-refractivity contribution < 1.29 is 19.0 Å². The summed E-state index contributed by atoms with van der Waals surface area (Å²) in [6.07, 6.45) is 5.17. The Kier molecular flexibility index (Phi) is 8.68. The van der Waals surface area contributed by atoms with Crippen LogP contribution in [0.2, 0.25) is 0 Å². The number of hydrogen-bond acceptors (Lipinski definition) is 5. The monoisotopic (exact) mass is 499 g/mol. The second-order valence-corrected chi connectivity index (χ2v) is 10.4. The first kappa shape index (κ1) is 25.5. The van der Waals surface area contributed by atoms with Crippen LogP contribution in [0.4, 0.5) is 4.39 Å². The van der Waals surface area contributed by atoms with E-state index >= 15 is 4.39 Å². The van der Waals surface area contributed by atoms with E-state index in [2.05, 4.69) is 20.5 Å². The number of ether oxygens (including phenoxy) is 1. The summed E-state index contributed by atoms with van der Waals surface area (Å²) in [5.41, 5.74) is 1.32. The van der Waals surface area contributed by atoms with Crippen LogP contribution in [0.25, 0.3) is 10.9 Å². The lowest BCUT2D eigenvalue weighted by atomic mass is 9.81. The highest BCUT2D eigenvalue weighted by atomic mass is 32.2. The molecule has 1 saturated heterocycles. The fourth-order valence-electron chi connectivity index (χ4n) is 5.02. The molecule has 0 aliphatic carbocycles. The fraction of sp³-hybridized carbons (Fsp3) is 0.481. The maximum atomic E-state index is 15.4. The largest absolute Gasteiger partial charge is 0.497 e. The molecule has 6 nitrogen and oxygen atoms in total. The van der Waals surface area contributed by atoms with E-state index in [0.29, 0.717) is 30.7 Å². The van der Waals surface area contributed by atoms with Crippen molar-refractivity contribution in [2.45, 2.75) is 36.9 Å². The molecule has 0 unspecified atom stereocenters. The summed E-state index contributed by atoms with van der Waals surface area (Å²) < 4.78 is 22.8. The Labute approximate surface area is 210 Å². The van der Waals surface area contributed by atoms with E-state index in [-0.39, 0.29) is 5.92 Å². The van der Waals surface area contributed by atoms with E-state index in [1.54, 1.807) is 19.4 Å². The fourth-order valence-corrected chi connectivity index (χ4v) is 5.94. The number of aliphatic carboxylic acids is 1. The van der Waals surface area contributed by atoms with Crippen LogP contribution < -0.4 is 4.74 Å². The molecule has 1 fully saturated rings. The van der Waals surface area contributed by atoms with Crippen LogP contribution in [-0.2, 0) is 11.8 Å². The van der Waals surface area contributed by atoms with Crippen LogP contribution in [0, 0.1) is 11.8 Å². The van der Waals surface area contributed by atoms with Gasteiger partial charge >= 0.3 is 5.97 Å². The average Bonchev–Trinajstić information content (AvgIpc) is 3.29. The maximum absolute atomic E-state index is 15.4. The van der Waals surface area contributed by atoms with Crippen LogP contribution in [0.3, 0.4) is 0 Å². The van der Waals surface area contributed by atoms with Crippen molar-refractivity contribution in [2.24, 2.45) is 18.9 Å². The Morgan fingerprint density at radius 1 is 1.34 bits per heavy atom. The van der Waals surface area contributed by atoms with Gasteiger partial charge in [-0.1, -0.05) is 0 Å². The van der Waals surface area contributed by atoms with Crippen LogP contribution in [-0.4, -0.2) is 58.0 Å². The number of likely N-dealkylation sites (tertiary alicyclic amines) is 1. The second-order valence-electron chi connectivity index (χ2n) is 9.28. The van der Waals surface area contributed by atoms with E-state index in [0.717, 1.165) is 42.6 Å². The minimum atomic E-state index is -1.17. The van der Waals surface area contributed by atoms with Gasteiger partial charge in [0.05, 0.1) is 23.6 Å². The second kappa shape index (κ2) is 11.9. The number of halogens is 1. The number of nitrogens with zero attached hydrogens (tertiary/aromatic N) is 3. The molecule has 0 saturated carbocycles. The summed E-state index contributed by atoms with van der Waals surface area (Å²) in [5, 5.41) is 11.9. The molecule has 4 rings (SSSR count). The van der Waals surface area contributed by atoms with Gasteiger partial charge in [0, 0.05) is 37.1 Å². The van der Waals surface area contributed by atoms with Crippen molar-refractivity contribution in [3.05, 3.63) is 54.4 Å². The van der Waals surface area contributed by atoms with Crippen LogP contribution in [0.15, 0.2) is 53.8 Å². The van der Waals surface area contributed by atoms with Gasteiger partial charge in [0.1, 0.15) is 11.9 Å². The zero-order chi connectivity index (χ0) is 24.8. The van der Waals surface area contributed by atoms with E-state index in [4.69, 9.17) is 4.74 Å². The number of thioether (sulfide) groups is 1. The lowest BCUT2D eigenvalue weighted by Gasteiger charge is -2.36. The van der Waals surface area contributed by atoms with Gasteiger partial charge in [-0.3, -0.25) is 9.78 Å². The predicted octanol–water partition coefficient (Wildman–Crippen LogP) is 5.58. The smallest absolute Gasteiger partial charge is 0.308 e. The Hall–Kier alpha value is -2.58. The van der Waals surface area contributed by atoms with Crippen LogP contribution in [0.1, 0.15) is 37.4 Å². The molecule has 3 aromatic rings. The Morgan fingerprint density at radius 3 is 2.94 bits per heavy atom. The minimum Gasteiger partial charge on any atom is -0.497 e. The minimum absolute atomic E-state index is 0.0117. The molecule has 0 spiro atoms. The third-order valence-corrected chi connectivity index (χ3v) is 8.25. The first-order valence-corrected chi connectivity index (χ1v) is 13.2. The van der Waals surface area contributed by atoms with Crippen molar-refractivity contribution in [2.75, 3.05) is 32.5 Å². The van der Waals surface area contributed by atoms with Gasteiger partial charge in [-0.05, 0) is 86.7 Å². The number of methoxy groups -OCH3 is 1. The summed E-state index contributed by atoms with van der Waals surface area (Å²) in [5.74, 6) is 0.434. The lowest BCUT2D eigenvalue weighted by molar-refractivity contribution is -0.146. The number of carboxylic acids is 1. The van der Waals surface area contributed by atoms with E-state index in [1.165, 1.54) is 5.03 Å². The topological polar surface area (TPSA) is 67.6 Å². The Morgan fingerprint density at radius 2 is 2.20 bits per heavy atom. The summed E-state index contributed by atoms with van der Waals surface area (Å²) in [6.45, 7) is 2.31. The zero-order valence-corrected chi connectivity index (χ0v) is 21.2. The van der Waals surface area contributed by atoms with Crippen LogP contribution in [0.5, 0.6) is 5.75 Å². The molecule has 1 N–H and O–H groups in total. The van der Waals surface area contributed by atoms with Crippen molar-refractivity contribution in [1.82, 2.24) is 14.5 Å². The summed E-state index contributed by atoms with van der Waals surface area (Å²) in [7, 11) is 3.63. The van der Waals surface area contributed by atoms with E-state index < -0.39 is 18.1 Å². The molecular weight excluding hydrogens is 465 g/mol. The van der Waals surface area contributed by atoms with Crippen molar-refractivity contribution in [3.63, 3.8) is 0 Å². The average molecular weight is 500 g/mol. The first-order chi connectivity index (χ1) is 17.0. The normalized spacial score (nSPS) is 19.6. The third kappa shape index (κ3) is 6.35. The van der Waals surface area contributed by atoms with Gasteiger partial charge in [-0.15, -0.1) is 11.8 Å². The first-order valence-electron chi connectivity index (χ1n) is 12.2. The molecule has 0 radical (unpaired) electrons. The van der Waals surface area contributed by atoms with Crippen molar-refractivity contribution in [3.8, 4) is 5.75 Å². The molecule has 35 heavy (non-hydrogen) atoms. The molecule has 188 valence electrons. The number of aromatic nitrogens is 2. The Balaban J connectivity index is 1.30. The predicted molar refractivity (Wildman–Crippen MR) is 138 cm³/mol. The molecule has 0 amide bonds. The van der Waals surface area contributed by atoms with E-state index in [9.17, 15) is 9.90 Å². The quantitative estimate of drug-likeness (QED) is 0.275. The molecule has 0 bridgehead atoms. The van der Waals surface area contributed by atoms with E-state index in [1.807, 2.05) is 49.3 Å². The highest BCUT2D eigenvalue weighted by molar-refractivity contribution is 7.99. The number of rotatable bonds is 11. The molecule has 1 aromatic carbocycles. The highest BCUT2D eigenvalue weighted by Crippen LogP contribution is 2.35. The Bertz CT molecular complexity index is 1140. The number of piperidine rings is 1. The lowest BCUT2D eigenvalue weighted by Crippen LogP contribution is -2.44. The SMILES string of the molecule is COc1ccc2nccc([C@H](F)CC[C@@H]3CCN(CCCSc4cccn4C)C[C@@H]3C(=O)O)c2c1. The van der Waals surface area contributed by atoms with Gasteiger partial charge in [-0.25, -0.2) is 4.39 Å². The molecule has 2 aromatic heterocycles. The third-order valence-electron chi connectivity index (χ3n) is 7.03. The number of pyridine rings is 1. The van der Waals surface area contributed by atoms with Crippen molar-refractivity contribution >= 4 is 28.6 Å². The van der Waals surface area contributed by atoms with Gasteiger partial charge in [0.25, 0.3) is 0 Å². The van der Waals surface area contributed by atoms with Gasteiger partial charge in [0.2, 0.25) is 0 Å². The number of carboxylic acid groups (broad SMARTS) is 1. The zero-order valence-electron chi connectivity index (χ0n) is 20.4. The summed E-state index contributed by atoms with van der Waals surface area (Å²) >= 11 is 1.83. The number of benzene rings is 1. The number of alkyl halides is 1. The standard InChI is InChI=1S/C27H34FN3O3S/c1-30-13-3-5-26(30)35-16-4-14-31-15-11-19(23(18-31)27(32)33)6-8-24(28)21-10-12-29-25-9-7-20(34-2)17-22(21)25/h3,5,7,9-10,12-13,17,19,23-24H,4,6,8,11,14-16,18H2,1-2H3,(H,32,33)/t19-,23+,24-/m1/s1. The number of hydrogen-bond donors (Lipinski definition) is 1. The van der Waals surface area contributed by atoms with Crippen molar-refractivity contribution in [1.29, 1.82) is 0 Å². The number of aryl methyl sites for hydroxylation is 1. The number of carbonyl (C=O) groups is 1. The highest BCUT2D eigenvalue weighted by Gasteiger charge is 2.34. The molecule has 8 heteroatoms. The molecule has 3 atom stereocenters.